The van der Waals surface area contributed by atoms with Gasteiger partial charge in [0.15, 0.2) is 0 Å². The van der Waals surface area contributed by atoms with E-state index in [1.165, 1.54) is 7.11 Å². The molecule has 4 heteroatoms. The smallest absolute Gasteiger partial charge is 0.313 e. The van der Waals surface area contributed by atoms with Gasteiger partial charge in [-0.2, -0.15) is 0 Å². The van der Waals surface area contributed by atoms with Crippen molar-refractivity contribution in [1.29, 1.82) is 0 Å². The Kier molecular flexibility index (Phi) is 3.03. The van der Waals surface area contributed by atoms with Gasteiger partial charge in [0, 0.05) is 18.1 Å². The molecule has 1 aromatic carbocycles. The van der Waals surface area contributed by atoms with Crippen LogP contribution < -0.4 is 5.73 Å². The molecule has 0 atom stereocenters. The largest absolute Gasteiger partial charge is 0.469 e. The van der Waals surface area contributed by atoms with Crippen molar-refractivity contribution >= 4 is 22.6 Å². The first-order valence-corrected chi connectivity index (χ1v) is 5.87. The third kappa shape index (κ3) is 2.06. The van der Waals surface area contributed by atoms with Gasteiger partial charge in [-0.25, -0.2) is 0 Å². The highest BCUT2D eigenvalue weighted by Crippen LogP contribution is 2.27. The minimum Gasteiger partial charge on any atom is -0.469 e. The van der Waals surface area contributed by atoms with Crippen molar-refractivity contribution in [1.82, 2.24) is 4.57 Å². The Labute approximate surface area is 106 Å². The molecule has 0 radical (unpaired) electrons. The third-order valence-corrected chi connectivity index (χ3v) is 3.12. The van der Waals surface area contributed by atoms with Crippen LogP contribution in [0.25, 0.3) is 10.9 Å². The van der Waals surface area contributed by atoms with Gasteiger partial charge in [-0.05, 0) is 26.0 Å². The number of rotatable bonds is 3. The number of para-hydroxylation sites is 1. The van der Waals surface area contributed by atoms with Crippen LogP contribution in [-0.4, -0.2) is 17.6 Å². The van der Waals surface area contributed by atoms with E-state index < -0.39 is 5.41 Å². The summed E-state index contributed by atoms with van der Waals surface area (Å²) in [5, 5.41) is 1.08. The second kappa shape index (κ2) is 4.37. The molecular formula is C14H18N2O2. The Bertz CT molecular complexity index is 584. The lowest BCUT2D eigenvalue weighted by atomic mass is 9.93. The standard InChI is InChI=1S/C14H18N2O2/c1-14(2,13(17)18-3)9-16-8-7-10-5-4-6-11(15)12(10)16/h4-8H,9,15H2,1-3H3. The number of benzene rings is 1. The minimum atomic E-state index is -0.580. The first-order valence-electron chi connectivity index (χ1n) is 5.87. The van der Waals surface area contributed by atoms with E-state index in [2.05, 4.69) is 0 Å². The van der Waals surface area contributed by atoms with E-state index in [1.807, 2.05) is 48.9 Å². The van der Waals surface area contributed by atoms with Gasteiger partial charge in [0.2, 0.25) is 0 Å². The molecule has 18 heavy (non-hydrogen) atoms. The summed E-state index contributed by atoms with van der Waals surface area (Å²) in [5.41, 5.74) is 7.10. The summed E-state index contributed by atoms with van der Waals surface area (Å²) in [6.07, 6.45) is 1.95. The molecule has 4 nitrogen and oxygen atoms in total. The first-order chi connectivity index (χ1) is 8.45. The summed E-state index contributed by atoms with van der Waals surface area (Å²) in [7, 11) is 1.41. The first kappa shape index (κ1) is 12.5. The molecule has 0 amide bonds. The summed E-state index contributed by atoms with van der Waals surface area (Å²) in [5.74, 6) is -0.223. The Hall–Kier alpha value is -1.97. The molecule has 2 N–H and O–H groups in total. The molecule has 0 unspecified atom stereocenters. The van der Waals surface area contributed by atoms with Crippen LogP contribution in [-0.2, 0) is 16.1 Å². The van der Waals surface area contributed by atoms with Gasteiger partial charge in [0.05, 0.1) is 23.7 Å². The number of nitrogens with zero attached hydrogens (tertiary/aromatic N) is 1. The van der Waals surface area contributed by atoms with Crippen LogP contribution in [0.1, 0.15) is 13.8 Å². The van der Waals surface area contributed by atoms with Crippen molar-refractivity contribution in [3.8, 4) is 0 Å². The van der Waals surface area contributed by atoms with Crippen molar-refractivity contribution in [2.75, 3.05) is 12.8 Å². The molecule has 96 valence electrons. The summed E-state index contributed by atoms with van der Waals surface area (Å²) < 4.78 is 6.82. The van der Waals surface area contributed by atoms with E-state index >= 15 is 0 Å². The lowest BCUT2D eigenvalue weighted by Crippen LogP contribution is -2.30. The molecule has 0 fully saturated rings. The van der Waals surface area contributed by atoms with Crippen LogP contribution in [0.2, 0.25) is 0 Å². The van der Waals surface area contributed by atoms with E-state index in [1.54, 1.807) is 0 Å². The van der Waals surface area contributed by atoms with Crippen molar-refractivity contribution in [2.24, 2.45) is 5.41 Å². The van der Waals surface area contributed by atoms with E-state index in [0.29, 0.717) is 6.54 Å². The molecule has 0 spiro atoms. The molecule has 1 heterocycles. The van der Waals surface area contributed by atoms with E-state index in [0.717, 1.165) is 16.6 Å². The van der Waals surface area contributed by atoms with Crippen LogP contribution in [0.3, 0.4) is 0 Å². The van der Waals surface area contributed by atoms with Crippen molar-refractivity contribution < 1.29 is 9.53 Å². The Morgan fingerprint density at radius 3 is 2.78 bits per heavy atom. The second-order valence-corrected chi connectivity index (χ2v) is 5.10. The number of esters is 1. The average Bonchev–Trinajstić information content (AvgIpc) is 2.72. The predicted molar refractivity (Wildman–Crippen MR) is 72.1 cm³/mol. The molecule has 0 aliphatic rings. The summed E-state index contributed by atoms with van der Waals surface area (Å²) in [6, 6.07) is 7.80. The van der Waals surface area contributed by atoms with Crippen molar-refractivity contribution in [2.45, 2.75) is 20.4 Å². The van der Waals surface area contributed by atoms with Crippen LogP contribution in [0, 0.1) is 5.41 Å². The maximum Gasteiger partial charge on any atom is 0.313 e. The SMILES string of the molecule is COC(=O)C(C)(C)Cn1ccc2cccc(N)c21. The number of ether oxygens (including phenoxy) is 1. The minimum absolute atomic E-state index is 0.223. The number of hydrogen-bond donors (Lipinski definition) is 1. The number of nitrogen functional groups attached to an aromatic ring is 1. The quantitative estimate of drug-likeness (QED) is 0.668. The molecule has 0 aliphatic carbocycles. The predicted octanol–water partition coefficient (Wildman–Crippen LogP) is 2.42. The fourth-order valence-corrected chi connectivity index (χ4v) is 2.19. The van der Waals surface area contributed by atoms with Gasteiger partial charge in [-0.15, -0.1) is 0 Å². The van der Waals surface area contributed by atoms with E-state index in [-0.39, 0.29) is 5.97 Å². The number of nitrogens with two attached hydrogens (primary N) is 1. The zero-order chi connectivity index (χ0) is 13.3. The summed E-state index contributed by atoms with van der Waals surface area (Å²) in [4.78, 5) is 11.7. The van der Waals surface area contributed by atoms with Gasteiger partial charge in [-0.1, -0.05) is 12.1 Å². The molecule has 0 bridgehead atoms. The number of hydrogen-bond acceptors (Lipinski definition) is 3. The molecule has 0 aliphatic heterocycles. The molecule has 2 rings (SSSR count). The molecule has 2 aromatic rings. The van der Waals surface area contributed by atoms with Gasteiger partial charge in [0.25, 0.3) is 0 Å². The highest BCUT2D eigenvalue weighted by Gasteiger charge is 2.29. The van der Waals surface area contributed by atoms with E-state index in [9.17, 15) is 4.79 Å². The van der Waals surface area contributed by atoms with Gasteiger partial charge in [0.1, 0.15) is 0 Å². The normalized spacial score (nSPS) is 11.7. The maximum atomic E-state index is 11.7. The summed E-state index contributed by atoms with van der Waals surface area (Å²) >= 11 is 0. The summed E-state index contributed by atoms with van der Waals surface area (Å²) in [6.45, 7) is 4.27. The van der Waals surface area contributed by atoms with E-state index in [4.69, 9.17) is 10.5 Å². The monoisotopic (exact) mass is 246 g/mol. The van der Waals surface area contributed by atoms with Crippen LogP contribution >= 0.6 is 0 Å². The zero-order valence-corrected chi connectivity index (χ0v) is 10.9. The van der Waals surface area contributed by atoms with Crippen LogP contribution in [0.15, 0.2) is 30.5 Å². The van der Waals surface area contributed by atoms with Crippen LogP contribution in [0.4, 0.5) is 5.69 Å². The van der Waals surface area contributed by atoms with Gasteiger partial charge >= 0.3 is 5.97 Å². The Morgan fingerprint density at radius 1 is 1.39 bits per heavy atom. The fraction of sp³-hybridized carbons (Fsp3) is 0.357. The van der Waals surface area contributed by atoms with Gasteiger partial charge < -0.3 is 15.0 Å². The average molecular weight is 246 g/mol. The molecule has 0 saturated heterocycles. The highest BCUT2D eigenvalue weighted by molar-refractivity contribution is 5.90. The molecular weight excluding hydrogens is 228 g/mol. The number of fused-ring (bicyclic) bond motifs is 1. The third-order valence-electron chi connectivity index (χ3n) is 3.12. The van der Waals surface area contributed by atoms with Crippen molar-refractivity contribution in [3.05, 3.63) is 30.5 Å². The molecule has 1 aromatic heterocycles. The van der Waals surface area contributed by atoms with Crippen molar-refractivity contribution in [3.63, 3.8) is 0 Å². The maximum absolute atomic E-state index is 11.7. The van der Waals surface area contributed by atoms with Crippen LogP contribution in [0.5, 0.6) is 0 Å². The number of aromatic nitrogens is 1. The zero-order valence-electron chi connectivity index (χ0n) is 10.9. The Morgan fingerprint density at radius 2 is 2.11 bits per heavy atom. The number of methoxy groups -OCH3 is 1. The lowest BCUT2D eigenvalue weighted by molar-refractivity contribution is -0.151. The number of carbonyl (C=O) groups excluding carboxylic acids is 1. The number of anilines is 1. The Balaban J connectivity index is 2.41. The fourth-order valence-electron chi connectivity index (χ4n) is 2.19. The molecule has 0 saturated carbocycles. The highest BCUT2D eigenvalue weighted by atomic mass is 16.5. The van der Waals surface area contributed by atoms with Gasteiger partial charge in [-0.3, -0.25) is 4.79 Å². The second-order valence-electron chi connectivity index (χ2n) is 5.10. The number of carbonyl (C=O) groups is 1. The lowest BCUT2D eigenvalue weighted by Gasteiger charge is -2.22. The topological polar surface area (TPSA) is 57.2 Å².